The van der Waals surface area contributed by atoms with Crippen molar-refractivity contribution < 1.29 is 13.5 Å². The molecule has 1 aromatic heterocycles. The molecular formula is C25H20Cl2N4O3S. The van der Waals surface area contributed by atoms with E-state index in [2.05, 4.69) is 14.7 Å². The summed E-state index contributed by atoms with van der Waals surface area (Å²) in [6, 6.07) is 21.9. The van der Waals surface area contributed by atoms with E-state index in [4.69, 9.17) is 28.9 Å². The first-order valence-corrected chi connectivity index (χ1v) is 12.6. The van der Waals surface area contributed by atoms with Gasteiger partial charge in [-0.2, -0.15) is 0 Å². The first-order chi connectivity index (χ1) is 16.7. The summed E-state index contributed by atoms with van der Waals surface area (Å²) in [6.07, 6.45) is 1.66. The van der Waals surface area contributed by atoms with Gasteiger partial charge in [0.15, 0.2) is 0 Å². The summed E-state index contributed by atoms with van der Waals surface area (Å²) < 4.78 is 27.2. The molecule has 10 heteroatoms. The Morgan fingerprint density at radius 1 is 0.943 bits per heavy atom. The lowest BCUT2D eigenvalue weighted by molar-refractivity contribution is 0.473. The van der Waals surface area contributed by atoms with Crippen LogP contribution in [0.3, 0.4) is 0 Å². The quantitative estimate of drug-likeness (QED) is 0.235. The van der Waals surface area contributed by atoms with E-state index in [0.29, 0.717) is 15.6 Å². The highest BCUT2D eigenvalue weighted by Gasteiger charge is 2.16. The number of nitrogens with zero attached hydrogens (tertiary/aromatic N) is 2. The molecule has 0 saturated carbocycles. The average Bonchev–Trinajstić information content (AvgIpc) is 2.83. The van der Waals surface area contributed by atoms with Crippen molar-refractivity contribution in [3.8, 4) is 28.1 Å². The van der Waals surface area contributed by atoms with Crippen LogP contribution in [0.4, 0.5) is 0 Å². The lowest BCUT2D eigenvalue weighted by Crippen LogP contribution is -2.36. The standard InChI is InChI=1S/C25H20Cl2N4O3S/c26-19-8-4-17(5-9-19)23-12-16(14-29-24(23)18-6-10-20(27)11-7-18)15-30-25(28)31-35(33,34)22-3-1-2-21(32)13-22/h1-14,32H,15H2,(H3,28,30,31). The fourth-order valence-corrected chi connectivity index (χ4v) is 4.58. The number of nitrogens with two attached hydrogens (primary N) is 1. The van der Waals surface area contributed by atoms with Crippen LogP contribution < -0.4 is 10.5 Å². The molecule has 3 aromatic carbocycles. The van der Waals surface area contributed by atoms with Crippen LogP contribution in [0.5, 0.6) is 5.75 Å². The van der Waals surface area contributed by atoms with E-state index in [1.165, 1.54) is 18.2 Å². The topological polar surface area (TPSA) is 118 Å². The number of aliphatic imine (C=N–C) groups is 1. The zero-order valence-electron chi connectivity index (χ0n) is 18.2. The van der Waals surface area contributed by atoms with Gasteiger partial charge in [0.25, 0.3) is 10.0 Å². The fourth-order valence-electron chi connectivity index (χ4n) is 3.34. The van der Waals surface area contributed by atoms with Crippen molar-refractivity contribution in [2.75, 3.05) is 0 Å². The Hall–Kier alpha value is -3.59. The van der Waals surface area contributed by atoms with Crippen molar-refractivity contribution in [3.63, 3.8) is 0 Å². The number of halogens is 2. The number of rotatable bonds is 6. The summed E-state index contributed by atoms with van der Waals surface area (Å²) in [5.74, 6) is -0.465. The van der Waals surface area contributed by atoms with Crippen LogP contribution in [0.1, 0.15) is 5.56 Å². The molecular weight excluding hydrogens is 507 g/mol. The number of pyridine rings is 1. The molecule has 0 spiro atoms. The Kier molecular flexibility index (Phi) is 7.25. The van der Waals surface area contributed by atoms with Gasteiger partial charge < -0.3 is 10.8 Å². The van der Waals surface area contributed by atoms with Gasteiger partial charge in [-0.15, -0.1) is 0 Å². The summed E-state index contributed by atoms with van der Waals surface area (Å²) in [5, 5.41) is 10.8. The van der Waals surface area contributed by atoms with Gasteiger partial charge in [0, 0.05) is 33.4 Å². The van der Waals surface area contributed by atoms with E-state index in [9.17, 15) is 13.5 Å². The van der Waals surface area contributed by atoms with Gasteiger partial charge in [-0.1, -0.05) is 53.5 Å². The van der Waals surface area contributed by atoms with E-state index in [1.54, 1.807) is 30.5 Å². The number of guanidine groups is 1. The zero-order chi connectivity index (χ0) is 25.0. The van der Waals surface area contributed by atoms with Gasteiger partial charge >= 0.3 is 0 Å². The van der Waals surface area contributed by atoms with Crippen molar-refractivity contribution in [1.82, 2.24) is 9.71 Å². The smallest absolute Gasteiger partial charge is 0.264 e. The van der Waals surface area contributed by atoms with Crippen LogP contribution in [-0.4, -0.2) is 24.5 Å². The second kappa shape index (κ2) is 10.4. The number of aromatic hydroxyl groups is 1. The number of phenols is 1. The predicted octanol–water partition coefficient (Wildman–Crippen LogP) is 5.22. The summed E-state index contributed by atoms with van der Waals surface area (Å²) in [7, 11) is -3.99. The van der Waals surface area contributed by atoms with Gasteiger partial charge in [0.2, 0.25) is 5.96 Å². The zero-order valence-corrected chi connectivity index (χ0v) is 20.5. The molecule has 0 saturated heterocycles. The molecule has 0 aliphatic heterocycles. The Bertz CT molecular complexity index is 1490. The van der Waals surface area contributed by atoms with Gasteiger partial charge in [0.1, 0.15) is 5.75 Å². The number of nitrogens with one attached hydrogen (secondary N) is 1. The minimum Gasteiger partial charge on any atom is -0.508 e. The summed E-state index contributed by atoms with van der Waals surface area (Å²) >= 11 is 12.1. The SMILES string of the molecule is NC(=NCc1cnc(-c2ccc(Cl)cc2)c(-c2ccc(Cl)cc2)c1)NS(=O)(=O)c1cccc(O)c1. The second-order valence-corrected chi connectivity index (χ2v) is 10.1. The molecule has 0 unspecified atom stereocenters. The molecule has 178 valence electrons. The Labute approximate surface area is 212 Å². The van der Waals surface area contributed by atoms with Crippen molar-refractivity contribution in [2.24, 2.45) is 10.7 Å². The molecule has 7 nitrogen and oxygen atoms in total. The van der Waals surface area contributed by atoms with Crippen LogP contribution >= 0.6 is 23.2 Å². The minimum atomic E-state index is -3.99. The van der Waals surface area contributed by atoms with Crippen LogP contribution in [-0.2, 0) is 16.6 Å². The van der Waals surface area contributed by atoms with Gasteiger partial charge in [0.05, 0.1) is 17.1 Å². The predicted molar refractivity (Wildman–Crippen MR) is 139 cm³/mol. The van der Waals surface area contributed by atoms with Crippen molar-refractivity contribution >= 4 is 39.2 Å². The highest BCUT2D eigenvalue weighted by Crippen LogP contribution is 2.32. The van der Waals surface area contributed by atoms with E-state index < -0.39 is 10.0 Å². The maximum Gasteiger partial charge on any atom is 0.264 e. The van der Waals surface area contributed by atoms with Crippen LogP contribution in [0, 0.1) is 0 Å². The number of sulfonamides is 1. The molecule has 0 aliphatic carbocycles. The molecule has 0 amide bonds. The second-order valence-electron chi connectivity index (χ2n) is 7.56. The maximum atomic E-state index is 12.5. The molecule has 1 heterocycles. The Balaban J connectivity index is 1.62. The Morgan fingerprint density at radius 2 is 1.57 bits per heavy atom. The highest BCUT2D eigenvalue weighted by molar-refractivity contribution is 7.90. The summed E-state index contributed by atoms with van der Waals surface area (Å²) in [4.78, 5) is 8.66. The molecule has 0 radical (unpaired) electrons. The third kappa shape index (κ3) is 6.10. The van der Waals surface area contributed by atoms with Crippen LogP contribution in [0.15, 0.2) is 94.9 Å². The normalized spacial score (nSPS) is 11.9. The number of hydrogen-bond donors (Lipinski definition) is 3. The lowest BCUT2D eigenvalue weighted by Gasteiger charge is -2.12. The first-order valence-electron chi connectivity index (χ1n) is 10.3. The van der Waals surface area contributed by atoms with Gasteiger partial charge in [-0.25, -0.2) is 18.1 Å². The molecule has 0 aliphatic rings. The maximum absolute atomic E-state index is 12.5. The lowest BCUT2D eigenvalue weighted by atomic mass is 9.98. The summed E-state index contributed by atoms with van der Waals surface area (Å²) in [6.45, 7) is 0.0862. The van der Waals surface area contributed by atoms with Gasteiger partial charge in [-0.05, 0) is 53.6 Å². The average molecular weight is 527 g/mol. The van der Waals surface area contributed by atoms with Crippen molar-refractivity contribution in [3.05, 3.63) is 101 Å². The van der Waals surface area contributed by atoms with Crippen molar-refractivity contribution in [1.29, 1.82) is 0 Å². The number of phenolic OH excluding ortho intramolecular Hbond substituents is 1. The minimum absolute atomic E-state index is 0.0862. The highest BCUT2D eigenvalue weighted by atomic mass is 35.5. The van der Waals surface area contributed by atoms with Crippen LogP contribution in [0.2, 0.25) is 10.0 Å². The number of aromatic nitrogens is 1. The number of hydrogen-bond acceptors (Lipinski definition) is 5. The molecule has 4 N–H and O–H groups in total. The summed E-state index contributed by atoms with van der Waals surface area (Å²) in [5.41, 5.74) is 9.92. The van der Waals surface area contributed by atoms with E-state index in [-0.39, 0.29) is 23.1 Å². The molecule has 35 heavy (non-hydrogen) atoms. The van der Waals surface area contributed by atoms with Crippen molar-refractivity contribution in [2.45, 2.75) is 11.4 Å². The third-order valence-electron chi connectivity index (χ3n) is 5.02. The Morgan fingerprint density at radius 3 is 2.20 bits per heavy atom. The van der Waals surface area contributed by atoms with E-state index in [1.807, 2.05) is 30.3 Å². The number of benzene rings is 3. The third-order valence-corrected chi connectivity index (χ3v) is 6.87. The van der Waals surface area contributed by atoms with E-state index >= 15 is 0 Å². The van der Waals surface area contributed by atoms with E-state index in [0.717, 1.165) is 28.5 Å². The largest absolute Gasteiger partial charge is 0.508 e. The molecule has 4 aromatic rings. The first kappa shape index (κ1) is 24.5. The molecule has 4 rings (SSSR count). The fraction of sp³-hybridized carbons (Fsp3) is 0.0400. The molecule has 0 fully saturated rings. The molecule has 0 bridgehead atoms. The monoisotopic (exact) mass is 526 g/mol. The van der Waals surface area contributed by atoms with Crippen LogP contribution in [0.25, 0.3) is 22.4 Å². The molecule has 0 atom stereocenters. The van der Waals surface area contributed by atoms with Gasteiger partial charge in [-0.3, -0.25) is 4.98 Å².